The fourth-order valence-electron chi connectivity index (χ4n) is 1.38. The number of nitrogens with zero attached hydrogens (tertiary/aromatic N) is 1. The van der Waals surface area contributed by atoms with Crippen LogP contribution in [0, 0.1) is 6.92 Å². The molecule has 2 aromatic rings. The fourth-order valence-corrected chi connectivity index (χ4v) is 1.57. The summed E-state index contributed by atoms with van der Waals surface area (Å²) < 4.78 is 4.87. The second kappa shape index (κ2) is 3.35. The third-order valence-corrected chi connectivity index (χ3v) is 2.24. The standard InChI is InChI=1S/C10H9ClN2O/c1-6-9(10(12)14-13-6)7-3-2-4-8(11)5-7/h2-5H,12H2,1H3. The zero-order chi connectivity index (χ0) is 10.1. The second-order valence-electron chi connectivity index (χ2n) is 3.02. The summed E-state index contributed by atoms with van der Waals surface area (Å²) in [6, 6.07) is 7.42. The zero-order valence-electron chi connectivity index (χ0n) is 7.62. The van der Waals surface area contributed by atoms with Crippen molar-refractivity contribution in [1.82, 2.24) is 5.16 Å². The Bertz CT molecular complexity index is 445. The fraction of sp³-hybridized carbons (Fsp3) is 0.100. The van der Waals surface area contributed by atoms with E-state index in [1.54, 1.807) is 0 Å². The molecule has 0 saturated carbocycles. The van der Waals surface area contributed by atoms with E-state index in [0.717, 1.165) is 16.8 Å². The Morgan fingerprint density at radius 3 is 2.79 bits per heavy atom. The molecule has 0 aliphatic rings. The smallest absolute Gasteiger partial charge is 0.230 e. The Balaban J connectivity index is 2.59. The molecule has 0 fully saturated rings. The van der Waals surface area contributed by atoms with Gasteiger partial charge in [-0.25, -0.2) is 0 Å². The van der Waals surface area contributed by atoms with Gasteiger partial charge in [-0.15, -0.1) is 0 Å². The monoisotopic (exact) mass is 208 g/mol. The van der Waals surface area contributed by atoms with E-state index in [1.807, 2.05) is 31.2 Å². The predicted octanol–water partition coefficient (Wildman–Crippen LogP) is 2.89. The molecule has 0 amide bonds. The Morgan fingerprint density at radius 1 is 1.43 bits per heavy atom. The van der Waals surface area contributed by atoms with Crippen LogP contribution in [0.5, 0.6) is 0 Å². The molecule has 1 aromatic heterocycles. The van der Waals surface area contributed by atoms with Crippen LogP contribution in [0.25, 0.3) is 11.1 Å². The molecule has 0 bridgehead atoms. The maximum absolute atomic E-state index is 5.87. The predicted molar refractivity (Wildman–Crippen MR) is 56.1 cm³/mol. The zero-order valence-corrected chi connectivity index (χ0v) is 8.38. The van der Waals surface area contributed by atoms with Crippen molar-refractivity contribution in [1.29, 1.82) is 0 Å². The molecule has 0 saturated heterocycles. The van der Waals surface area contributed by atoms with Crippen LogP contribution in [0.15, 0.2) is 28.8 Å². The first-order chi connectivity index (χ1) is 6.68. The van der Waals surface area contributed by atoms with Crippen LogP contribution >= 0.6 is 11.6 Å². The van der Waals surface area contributed by atoms with E-state index in [0.29, 0.717) is 10.9 Å². The molecule has 0 aliphatic carbocycles. The van der Waals surface area contributed by atoms with Crippen molar-refractivity contribution in [3.05, 3.63) is 35.0 Å². The van der Waals surface area contributed by atoms with Crippen LogP contribution in [-0.2, 0) is 0 Å². The summed E-state index contributed by atoms with van der Waals surface area (Å²) in [6.07, 6.45) is 0. The van der Waals surface area contributed by atoms with Crippen molar-refractivity contribution in [2.24, 2.45) is 0 Å². The van der Waals surface area contributed by atoms with Crippen molar-refractivity contribution in [3.63, 3.8) is 0 Å². The average molecular weight is 209 g/mol. The molecule has 4 heteroatoms. The molecule has 2 rings (SSSR count). The van der Waals surface area contributed by atoms with Gasteiger partial charge in [-0.3, -0.25) is 0 Å². The highest BCUT2D eigenvalue weighted by Crippen LogP contribution is 2.30. The molecule has 72 valence electrons. The number of hydrogen-bond acceptors (Lipinski definition) is 3. The van der Waals surface area contributed by atoms with Gasteiger partial charge in [-0.2, -0.15) is 0 Å². The highest BCUT2D eigenvalue weighted by molar-refractivity contribution is 6.30. The number of halogens is 1. The van der Waals surface area contributed by atoms with Crippen LogP contribution in [0.4, 0.5) is 5.88 Å². The van der Waals surface area contributed by atoms with E-state index < -0.39 is 0 Å². The first-order valence-electron chi connectivity index (χ1n) is 4.16. The van der Waals surface area contributed by atoms with E-state index >= 15 is 0 Å². The number of hydrogen-bond donors (Lipinski definition) is 1. The average Bonchev–Trinajstić information content (AvgIpc) is 2.46. The van der Waals surface area contributed by atoms with E-state index in [1.165, 1.54) is 0 Å². The Labute approximate surface area is 86.5 Å². The first kappa shape index (κ1) is 9.09. The summed E-state index contributed by atoms with van der Waals surface area (Å²) in [7, 11) is 0. The molecular formula is C10H9ClN2O. The summed E-state index contributed by atoms with van der Waals surface area (Å²) in [6.45, 7) is 1.84. The van der Waals surface area contributed by atoms with E-state index in [9.17, 15) is 0 Å². The molecule has 1 heterocycles. The Kier molecular flexibility index (Phi) is 2.17. The van der Waals surface area contributed by atoms with Crippen molar-refractivity contribution >= 4 is 17.5 Å². The number of aryl methyl sites for hydroxylation is 1. The van der Waals surface area contributed by atoms with Gasteiger partial charge in [0.15, 0.2) is 0 Å². The number of benzene rings is 1. The minimum Gasteiger partial charge on any atom is -0.367 e. The van der Waals surface area contributed by atoms with E-state index in [4.69, 9.17) is 21.9 Å². The number of nitrogen functional groups attached to an aromatic ring is 1. The summed E-state index contributed by atoms with van der Waals surface area (Å²) in [4.78, 5) is 0. The van der Waals surface area contributed by atoms with Crippen molar-refractivity contribution in [2.75, 3.05) is 5.73 Å². The van der Waals surface area contributed by atoms with Crippen LogP contribution in [0.1, 0.15) is 5.69 Å². The molecular weight excluding hydrogens is 200 g/mol. The van der Waals surface area contributed by atoms with Gasteiger partial charge >= 0.3 is 0 Å². The van der Waals surface area contributed by atoms with Gasteiger partial charge in [0.2, 0.25) is 5.88 Å². The highest BCUT2D eigenvalue weighted by Gasteiger charge is 2.11. The van der Waals surface area contributed by atoms with Gasteiger partial charge in [0, 0.05) is 5.02 Å². The quantitative estimate of drug-likeness (QED) is 0.784. The van der Waals surface area contributed by atoms with Gasteiger partial charge < -0.3 is 10.3 Å². The lowest BCUT2D eigenvalue weighted by molar-refractivity contribution is 0.431. The Morgan fingerprint density at radius 2 is 2.21 bits per heavy atom. The molecule has 3 nitrogen and oxygen atoms in total. The van der Waals surface area contributed by atoms with Gasteiger partial charge in [0.05, 0.1) is 11.3 Å². The number of aromatic nitrogens is 1. The molecule has 2 N–H and O–H groups in total. The number of anilines is 1. The summed E-state index contributed by atoms with van der Waals surface area (Å²) in [5.74, 6) is 0.324. The molecule has 0 atom stereocenters. The van der Waals surface area contributed by atoms with Crippen molar-refractivity contribution in [3.8, 4) is 11.1 Å². The summed E-state index contributed by atoms with van der Waals surface area (Å²) >= 11 is 5.87. The summed E-state index contributed by atoms with van der Waals surface area (Å²) in [5, 5.41) is 4.45. The molecule has 14 heavy (non-hydrogen) atoms. The van der Waals surface area contributed by atoms with Crippen LogP contribution < -0.4 is 5.73 Å². The highest BCUT2D eigenvalue weighted by atomic mass is 35.5. The lowest BCUT2D eigenvalue weighted by Gasteiger charge is -1.99. The minimum atomic E-state index is 0.324. The third kappa shape index (κ3) is 1.46. The minimum absolute atomic E-state index is 0.324. The van der Waals surface area contributed by atoms with E-state index in [-0.39, 0.29) is 0 Å². The summed E-state index contributed by atoms with van der Waals surface area (Å²) in [5.41, 5.74) is 8.16. The largest absolute Gasteiger partial charge is 0.367 e. The topological polar surface area (TPSA) is 52.0 Å². The second-order valence-corrected chi connectivity index (χ2v) is 3.45. The number of rotatable bonds is 1. The SMILES string of the molecule is Cc1noc(N)c1-c1cccc(Cl)c1. The van der Waals surface area contributed by atoms with Gasteiger partial charge in [0.25, 0.3) is 0 Å². The molecule has 1 aromatic carbocycles. The van der Waals surface area contributed by atoms with Gasteiger partial charge in [-0.1, -0.05) is 28.9 Å². The Hall–Kier alpha value is -1.48. The van der Waals surface area contributed by atoms with Crippen molar-refractivity contribution in [2.45, 2.75) is 6.92 Å². The van der Waals surface area contributed by atoms with Crippen molar-refractivity contribution < 1.29 is 4.52 Å². The van der Waals surface area contributed by atoms with Crippen LogP contribution in [0.3, 0.4) is 0 Å². The van der Waals surface area contributed by atoms with E-state index in [2.05, 4.69) is 5.16 Å². The lowest BCUT2D eigenvalue weighted by Crippen LogP contribution is -1.86. The van der Waals surface area contributed by atoms with Gasteiger partial charge in [-0.05, 0) is 24.6 Å². The third-order valence-electron chi connectivity index (χ3n) is 2.00. The molecule has 0 aliphatic heterocycles. The normalized spacial score (nSPS) is 10.4. The molecule has 0 unspecified atom stereocenters. The lowest BCUT2D eigenvalue weighted by atomic mass is 10.1. The maximum Gasteiger partial charge on any atom is 0.230 e. The van der Waals surface area contributed by atoms with Gasteiger partial charge in [0.1, 0.15) is 0 Å². The molecule has 0 spiro atoms. The molecule has 0 radical (unpaired) electrons. The first-order valence-corrected chi connectivity index (χ1v) is 4.54. The van der Waals surface area contributed by atoms with Crippen LogP contribution in [-0.4, -0.2) is 5.16 Å². The number of nitrogens with two attached hydrogens (primary N) is 1. The van der Waals surface area contributed by atoms with Crippen LogP contribution in [0.2, 0.25) is 5.02 Å². The maximum atomic E-state index is 5.87.